The Bertz CT molecular complexity index is 3070. The third-order valence-electron chi connectivity index (χ3n) is 25.3. The van der Waals surface area contributed by atoms with Crippen molar-refractivity contribution in [3.05, 3.63) is 0 Å². The van der Waals surface area contributed by atoms with Gasteiger partial charge in [-0.1, -0.05) is 111 Å². The van der Waals surface area contributed by atoms with Crippen LogP contribution in [0.5, 0.6) is 0 Å². The number of halogens is 4. The quantitative estimate of drug-likeness (QED) is 0.168. The van der Waals surface area contributed by atoms with Crippen LogP contribution in [-0.2, 0) is 57.5 Å². The summed E-state index contributed by atoms with van der Waals surface area (Å²) >= 11 is 6.49. The first-order valence-electron chi connectivity index (χ1n) is 39.7. The van der Waals surface area contributed by atoms with Crippen molar-refractivity contribution in [1.29, 1.82) is 0 Å². The minimum atomic E-state index is -4.51. The Morgan fingerprint density at radius 1 is 0.562 bits per heavy atom. The normalized spacial score (nSPS) is 31.3. The van der Waals surface area contributed by atoms with Crippen molar-refractivity contribution >= 4 is 82.5 Å². The first kappa shape index (κ1) is 84.3. The Morgan fingerprint density at radius 2 is 1.14 bits per heavy atom. The Kier molecular flexibility index (Phi) is 30.3. The molecule has 3 aliphatic heterocycles. The van der Waals surface area contributed by atoms with Crippen molar-refractivity contribution in [3.63, 3.8) is 0 Å². The molecule has 13 atom stereocenters. The van der Waals surface area contributed by atoms with Crippen LogP contribution >= 0.6 is 11.6 Å². The molecule has 0 radical (unpaired) electrons. The minimum Gasteiger partial charge on any atom is -0.343 e. The lowest BCUT2D eigenvalue weighted by atomic mass is 9.78. The van der Waals surface area contributed by atoms with Crippen molar-refractivity contribution < 1.29 is 70.7 Å². The highest BCUT2D eigenvalue weighted by Gasteiger charge is 2.55. The van der Waals surface area contributed by atoms with Crippen LogP contribution in [0.4, 0.5) is 13.2 Å². The summed E-state index contributed by atoms with van der Waals surface area (Å²) in [6.07, 6.45) is 10.5. The number of hydrogen-bond donors (Lipinski definition) is 3. The maximum absolute atomic E-state index is 16.0. The standard InChI is InChI=1S/C77H124ClF3N12O12/c1-12-49(4)66-73(103)87(7)46-64(96)85(5)47-65(97)89(9)60(42-50-26-16-13-17-27-50)71(101)86(6)45-62(94)82-56(35-33-51-32-34-54(55(78)41-51)77(79,80)81)70(100)93-57-31-21-20-30-53(57)43-59(93)69(99)84-76(36-22-23-37-76)75(105)91(11)67(52-28-18-14-19-29-52)74(104)90(10)61(72(102)92-38-24-15-25-39-92)44-63(95)88(8)58(40-48(2)3)68(98)83-66/h48-61,66-67H,12-47H2,1-11H3,(H,82,94)(H,83,98)(H,84,99)/t49-,51?,53-,54?,55?,56-,57-,58-,59-,60-,61-,66-,67-/m0/s1. The van der Waals surface area contributed by atoms with E-state index in [0.29, 0.717) is 70.9 Å². The zero-order valence-electron chi connectivity index (χ0n) is 64.6. The number of alkyl halides is 4. The summed E-state index contributed by atoms with van der Waals surface area (Å²) in [5, 5.41) is 7.87. The highest BCUT2D eigenvalue weighted by molar-refractivity contribution is 6.21. The highest BCUT2D eigenvalue weighted by atomic mass is 35.5. The Labute approximate surface area is 626 Å². The molecule has 5 aliphatic carbocycles. The van der Waals surface area contributed by atoms with Gasteiger partial charge in [-0.2, -0.15) is 13.2 Å². The van der Waals surface area contributed by atoms with Gasteiger partial charge >= 0.3 is 6.18 Å². The van der Waals surface area contributed by atoms with E-state index in [4.69, 9.17) is 11.6 Å². The average Bonchev–Trinajstić information content (AvgIpc) is 1.40. The largest absolute Gasteiger partial charge is 0.393 e. The van der Waals surface area contributed by atoms with E-state index < -0.39 is 180 Å². The van der Waals surface area contributed by atoms with Crippen molar-refractivity contribution in [3.8, 4) is 0 Å². The van der Waals surface area contributed by atoms with Gasteiger partial charge in [0.1, 0.15) is 47.8 Å². The molecule has 3 N–H and O–H groups in total. The maximum Gasteiger partial charge on any atom is 0.393 e. The number of carbonyl (C=O) groups is 12. The summed E-state index contributed by atoms with van der Waals surface area (Å²) in [5.74, 6) is -10.4. The zero-order chi connectivity index (χ0) is 76.9. The van der Waals surface area contributed by atoms with Gasteiger partial charge in [0, 0.05) is 73.8 Å². The van der Waals surface area contributed by atoms with E-state index in [1.165, 1.54) is 71.7 Å². The number of rotatable bonds is 11. The molecule has 0 aromatic carbocycles. The Hall–Kier alpha value is -6.28. The molecule has 3 saturated heterocycles. The fourth-order valence-corrected chi connectivity index (χ4v) is 19.0. The summed E-state index contributed by atoms with van der Waals surface area (Å²) in [5.41, 5.74) is -1.56. The monoisotopic (exact) mass is 1500 g/mol. The molecule has 8 aliphatic rings. The van der Waals surface area contributed by atoms with Gasteiger partial charge in [0.05, 0.1) is 32.0 Å². The molecule has 3 unspecified atom stereocenters. The topological polar surface area (TPSA) is 270 Å². The minimum absolute atomic E-state index is 0.00778. The van der Waals surface area contributed by atoms with Crippen LogP contribution in [0.15, 0.2) is 0 Å². The number of likely N-dealkylation sites (N-methyl/N-ethyl adjacent to an activating group) is 7. The zero-order valence-corrected chi connectivity index (χ0v) is 65.4. The molecule has 105 heavy (non-hydrogen) atoms. The van der Waals surface area contributed by atoms with E-state index in [9.17, 15) is 37.1 Å². The number of piperidine rings is 1. The lowest BCUT2D eigenvalue weighted by Crippen LogP contribution is -2.65. The summed E-state index contributed by atoms with van der Waals surface area (Å²) < 4.78 is 42.5. The molecule has 28 heteroatoms. The molecule has 8 rings (SSSR count). The second-order valence-electron chi connectivity index (χ2n) is 33.2. The van der Waals surface area contributed by atoms with Gasteiger partial charge in [-0.3, -0.25) is 57.5 Å². The summed E-state index contributed by atoms with van der Waals surface area (Å²) in [4.78, 5) is 194. The number of nitrogens with one attached hydrogen (secondary N) is 3. The van der Waals surface area contributed by atoms with Crippen LogP contribution in [0.3, 0.4) is 0 Å². The second-order valence-corrected chi connectivity index (χ2v) is 33.7. The smallest absolute Gasteiger partial charge is 0.343 e. The van der Waals surface area contributed by atoms with Gasteiger partial charge in [-0.15, -0.1) is 11.6 Å². The lowest BCUT2D eigenvalue weighted by molar-refractivity contribution is -0.182. The Balaban J connectivity index is 1.19. The summed E-state index contributed by atoms with van der Waals surface area (Å²) in [7, 11) is 10.2. The maximum atomic E-state index is 16.0. The molecular weight excluding hydrogens is 1380 g/mol. The van der Waals surface area contributed by atoms with Crippen molar-refractivity contribution in [2.75, 3.05) is 82.1 Å². The number of carbonyl (C=O) groups excluding carboxylic acids is 12. The fourth-order valence-electron chi connectivity index (χ4n) is 18.5. The van der Waals surface area contributed by atoms with Crippen LogP contribution in [0.1, 0.15) is 227 Å². The average molecular weight is 1500 g/mol. The van der Waals surface area contributed by atoms with E-state index >= 15 is 33.6 Å². The van der Waals surface area contributed by atoms with Crippen molar-refractivity contribution in [2.45, 2.75) is 292 Å². The van der Waals surface area contributed by atoms with Crippen molar-refractivity contribution in [1.82, 2.24) is 60.0 Å². The van der Waals surface area contributed by atoms with E-state index in [0.717, 1.165) is 75.5 Å². The number of hydrogen-bond acceptors (Lipinski definition) is 12. The first-order chi connectivity index (χ1) is 49.7. The molecule has 12 amide bonds. The molecule has 592 valence electrons. The van der Waals surface area contributed by atoms with E-state index in [1.54, 1.807) is 23.8 Å². The molecule has 8 fully saturated rings. The third kappa shape index (κ3) is 21.0. The molecule has 1 spiro atoms. The van der Waals surface area contributed by atoms with Gasteiger partial charge < -0.3 is 60.0 Å². The van der Waals surface area contributed by atoms with Gasteiger partial charge in [0.25, 0.3) is 0 Å². The van der Waals surface area contributed by atoms with E-state index in [2.05, 4.69) is 16.0 Å². The van der Waals surface area contributed by atoms with E-state index in [1.807, 2.05) is 20.8 Å². The van der Waals surface area contributed by atoms with Gasteiger partial charge in [-0.25, -0.2) is 0 Å². The van der Waals surface area contributed by atoms with Crippen LogP contribution in [0.25, 0.3) is 0 Å². The van der Waals surface area contributed by atoms with E-state index in [-0.39, 0.29) is 87.9 Å². The molecule has 0 bridgehead atoms. The summed E-state index contributed by atoms with van der Waals surface area (Å²) in [6.45, 7) is 6.55. The van der Waals surface area contributed by atoms with Crippen molar-refractivity contribution in [2.24, 2.45) is 41.4 Å². The predicted molar refractivity (Wildman–Crippen MR) is 391 cm³/mol. The third-order valence-corrected chi connectivity index (χ3v) is 25.7. The van der Waals surface area contributed by atoms with Gasteiger partial charge in [-0.05, 0) is 145 Å². The number of fused-ring (bicyclic) bond motifs is 3. The Morgan fingerprint density at radius 3 is 1.76 bits per heavy atom. The fraction of sp³-hybridized carbons (Fsp3) is 0.844. The highest BCUT2D eigenvalue weighted by Crippen LogP contribution is 2.46. The molecule has 0 aromatic rings. The second kappa shape index (κ2) is 37.7. The number of amides is 12. The number of likely N-dealkylation sites (tertiary alicyclic amines) is 1. The number of nitrogens with zero attached hydrogens (tertiary/aromatic N) is 9. The lowest BCUT2D eigenvalue weighted by Gasteiger charge is -2.43. The predicted octanol–water partition coefficient (Wildman–Crippen LogP) is 7.65. The molecule has 3 heterocycles. The first-order valence-corrected chi connectivity index (χ1v) is 40.1. The summed E-state index contributed by atoms with van der Waals surface area (Å²) in [6, 6.07) is -8.98. The molecule has 5 saturated carbocycles. The van der Waals surface area contributed by atoms with Crippen LogP contribution in [0.2, 0.25) is 0 Å². The van der Waals surface area contributed by atoms with Crippen LogP contribution in [0, 0.1) is 41.4 Å². The van der Waals surface area contributed by atoms with Gasteiger partial charge in [0.15, 0.2) is 0 Å². The molecule has 24 nitrogen and oxygen atoms in total. The SMILES string of the molecule is CC[C@H](C)[C@@H]1NC(=O)[C@H](CC(C)C)N(C)C(=O)C[C@@H](C(=O)N2CCCCC2)N(C)C(=O)[C@H](C2CCCCC2)N(C)C(=O)C2(CCCC2)NC(=O)[C@@H]2C[C@@H]3CCCC[C@@H]3N2C(=O)[C@H](CCC2CCC(C(F)(F)F)C(Cl)C2)NC(=O)CN(C)C(=O)[C@H](CC2CCCCC2)N(C)C(=O)CN(C)C(=O)CN(C)C1=O. The van der Waals surface area contributed by atoms with Crippen LogP contribution in [-0.4, -0.2) is 262 Å². The molecule has 0 aromatic heterocycles. The van der Waals surface area contributed by atoms with Crippen LogP contribution < -0.4 is 16.0 Å². The molecular formula is C77H124ClF3N12O12. The van der Waals surface area contributed by atoms with Gasteiger partial charge in [0.2, 0.25) is 70.9 Å².